The molecule has 0 saturated carbocycles. The first-order chi connectivity index (χ1) is 7.20. The monoisotopic (exact) mass is 205 g/mol. The maximum Gasteiger partial charge on any atom is 0.320 e. The molecule has 0 amide bonds. The molecule has 1 heterocycles. The SMILES string of the molecule is CN1[C@@H](c2ccccc2)CC[C@H]1C(=O)O. The molecule has 0 aliphatic carbocycles. The van der Waals surface area contributed by atoms with Crippen molar-refractivity contribution < 1.29 is 9.90 Å². The van der Waals surface area contributed by atoms with Gasteiger partial charge < -0.3 is 5.11 Å². The Morgan fingerprint density at radius 2 is 2.00 bits per heavy atom. The summed E-state index contributed by atoms with van der Waals surface area (Å²) >= 11 is 0. The molecule has 3 heteroatoms. The second kappa shape index (κ2) is 4.03. The van der Waals surface area contributed by atoms with Gasteiger partial charge in [-0.05, 0) is 25.5 Å². The molecule has 1 N–H and O–H groups in total. The Bertz CT molecular complexity index is 350. The van der Waals surface area contributed by atoms with E-state index < -0.39 is 5.97 Å². The molecule has 0 spiro atoms. The maximum atomic E-state index is 10.9. The highest BCUT2D eigenvalue weighted by atomic mass is 16.4. The number of carbonyl (C=O) groups is 1. The summed E-state index contributed by atoms with van der Waals surface area (Å²) in [5, 5.41) is 9.01. The van der Waals surface area contributed by atoms with Crippen LogP contribution in [0.5, 0.6) is 0 Å². The van der Waals surface area contributed by atoms with E-state index in [0.717, 1.165) is 12.8 Å². The zero-order chi connectivity index (χ0) is 10.8. The van der Waals surface area contributed by atoms with Crippen molar-refractivity contribution in [3.8, 4) is 0 Å². The molecule has 0 bridgehead atoms. The third-order valence-corrected chi connectivity index (χ3v) is 3.17. The molecule has 0 radical (unpaired) electrons. The van der Waals surface area contributed by atoms with Gasteiger partial charge in [0.15, 0.2) is 0 Å². The van der Waals surface area contributed by atoms with E-state index in [1.54, 1.807) is 0 Å². The second-order valence-corrected chi connectivity index (χ2v) is 4.02. The number of nitrogens with zero attached hydrogens (tertiary/aromatic N) is 1. The summed E-state index contributed by atoms with van der Waals surface area (Å²) in [6, 6.07) is 10.0. The Morgan fingerprint density at radius 3 is 2.53 bits per heavy atom. The van der Waals surface area contributed by atoms with Crippen LogP contribution in [0.4, 0.5) is 0 Å². The lowest BCUT2D eigenvalue weighted by molar-refractivity contribution is -0.142. The number of rotatable bonds is 2. The summed E-state index contributed by atoms with van der Waals surface area (Å²) in [5.74, 6) is -0.712. The molecule has 15 heavy (non-hydrogen) atoms. The van der Waals surface area contributed by atoms with E-state index in [4.69, 9.17) is 5.11 Å². The summed E-state index contributed by atoms with van der Waals surface area (Å²) < 4.78 is 0. The summed E-state index contributed by atoms with van der Waals surface area (Å²) in [7, 11) is 1.89. The molecular formula is C12H15NO2. The van der Waals surface area contributed by atoms with Crippen molar-refractivity contribution in [3.05, 3.63) is 35.9 Å². The van der Waals surface area contributed by atoms with Gasteiger partial charge >= 0.3 is 5.97 Å². The van der Waals surface area contributed by atoms with E-state index in [0.29, 0.717) is 0 Å². The predicted molar refractivity (Wildman–Crippen MR) is 57.6 cm³/mol. The Hall–Kier alpha value is -1.35. The number of likely N-dealkylation sites (tertiary alicyclic amines) is 1. The van der Waals surface area contributed by atoms with Crippen molar-refractivity contribution >= 4 is 5.97 Å². The smallest absolute Gasteiger partial charge is 0.320 e. The topological polar surface area (TPSA) is 40.5 Å². The van der Waals surface area contributed by atoms with Gasteiger partial charge in [0.25, 0.3) is 0 Å². The molecule has 1 aliphatic heterocycles. The van der Waals surface area contributed by atoms with Crippen LogP contribution in [0, 0.1) is 0 Å². The molecular weight excluding hydrogens is 190 g/mol. The standard InChI is InChI=1S/C12H15NO2/c1-13-10(7-8-11(13)12(14)15)9-5-3-2-4-6-9/h2-6,10-11H,7-8H2,1H3,(H,14,15)/t10-,11+/m1/s1. The minimum Gasteiger partial charge on any atom is -0.480 e. The average Bonchev–Trinajstić information content (AvgIpc) is 2.61. The van der Waals surface area contributed by atoms with E-state index in [2.05, 4.69) is 12.1 Å². The number of hydrogen-bond donors (Lipinski definition) is 1. The van der Waals surface area contributed by atoms with Gasteiger partial charge in [0, 0.05) is 6.04 Å². The zero-order valence-electron chi connectivity index (χ0n) is 8.76. The van der Waals surface area contributed by atoms with Crippen LogP contribution in [-0.4, -0.2) is 29.1 Å². The quantitative estimate of drug-likeness (QED) is 0.801. The van der Waals surface area contributed by atoms with Crippen LogP contribution in [0.25, 0.3) is 0 Å². The van der Waals surface area contributed by atoms with Crippen molar-refractivity contribution in [1.82, 2.24) is 4.90 Å². The second-order valence-electron chi connectivity index (χ2n) is 4.02. The van der Waals surface area contributed by atoms with Crippen molar-refractivity contribution in [3.63, 3.8) is 0 Å². The Balaban J connectivity index is 2.17. The fourth-order valence-corrected chi connectivity index (χ4v) is 2.31. The van der Waals surface area contributed by atoms with Gasteiger partial charge in [-0.2, -0.15) is 0 Å². The largest absolute Gasteiger partial charge is 0.480 e. The molecule has 1 aromatic rings. The lowest BCUT2D eigenvalue weighted by Gasteiger charge is -2.23. The number of carboxylic acids is 1. The van der Waals surface area contributed by atoms with Gasteiger partial charge in [-0.25, -0.2) is 0 Å². The van der Waals surface area contributed by atoms with E-state index in [1.165, 1.54) is 5.56 Å². The summed E-state index contributed by atoms with van der Waals surface area (Å²) in [6.45, 7) is 0. The van der Waals surface area contributed by atoms with Crippen LogP contribution in [0.3, 0.4) is 0 Å². The minimum absolute atomic E-state index is 0.257. The van der Waals surface area contributed by atoms with Crippen LogP contribution in [-0.2, 0) is 4.79 Å². The molecule has 0 unspecified atom stereocenters. The summed E-state index contributed by atoms with van der Waals surface area (Å²) in [4.78, 5) is 12.9. The third kappa shape index (κ3) is 1.88. The van der Waals surface area contributed by atoms with Gasteiger partial charge in [-0.3, -0.25) is 9.69 Å². The van der Waals surface area contributed by atoms with Gasteiger partial charge in [-0.15, -0.1) is 0 Å². The molecule has 1 saturated heterocycles. The molecule has 1 aromatic carbocycles. The Labute approximate surface area is 89.3 Å². The van der Waals surface area contributed by atoms with E-state index in [9.17, 15) is 4.79 Å². The first-order valence-electron chi connectivity index (χ1n) is 5.20. The van der Waals surface area contributed by atoms with E-state index in [1.807, 2.05) is 30.1 Å². The van der Waals surface area contributed by atoms with Crippen LogP contribution >= 0.6 is 0 Å². The molecule has 80 valence electrons. The maximum absolute atomic E-state index is 10.9. The highest BCUT2D eigenvalue weighted by Crippen LogP contribution is 2.34. The van der Waals surface area contributed by atoms with Crippen LogP contribution in [0.2, 0.25) is 0 Å². The predicted octanol–water partition coefficient (Wildman–Crippen LogP) is 1.91. The number of benzene rings is 1. The molecule has 2 rings (SSSR count). The molecule has 0 aromatic heterocycles. The number of carboxylic acid groups (broad SMARTS) is 1. The van der Waals surface area contributed by atoms with Gasteiger partial charge in [0.2, 0.25) is 0 Å². The Kier molecular flexibility index (Phi) is 2.73. The average molecular weight is 205 g/mol. The van der Waals surface area contributed by atoms with Crippen molar-refractivity contribution in [2.75, 3.05) is 7.05 Å². The van der Waals surface area contributed by atoms with Crippen LogP contribution < -0.4 is 0 Å². The fourth-order valence-electron chi connectivity index (χ4n) is 2.31. The lowest BCUT2D eigenvalue weighted by Crippen LogP contribution is -2.34. The van der Waals surface area contributed by atoms with Gasteiger partial charge in [-0.1, -0.05) is 30.3 Å². The van der Waals surface area contributed by atoms with Crippen LogP contribution in [0.15, 0.2) is 30.3 Å². The van der Waals surface area contributed by atoms with Crippen LogP contribution in [0.1, 0.15) is 24.4 Å². The normalized spacial score (nSPS) is 26.7. The molecule has 2 atom stereocenters. The first kappa shape index (κ1) is 10.2. The third-order valence-electron chi connectivity index (χ3n) is 3.17. The number of hydrogen-bond acceptors (Lipinski definition) is 2. The summed E-state index contributed by atoms with van der Waals surface area (Å²) in [6.07, 6.45) is 1.67. The molecule has 1 fully saturated rings. The molecule has 3 nitrogen and oxygen atoms in total. The Morgan fingerprint density at radius 1 is 1.33 bits per heavy atom. The zero-order valence-corrected chi connectivity index (χ0v) is 8.76. The molecule has 1 aliphatic rings. The van der Waals surface area contributed by atoms with E-state index >= 15 is 0 Å². The minimum atomic E-state index is -0.712. The van der Waals surface area contributed by atoms with Crippen molar-refractivity contribution in [1.29, 1.82) is 0 Å². The number of aliphatic carboxylic acids is 1. The highest BCUT2D eigenvalue weighted by Gasteiger charge is 2.35. The van der Waals surface area contributed by atoms with Crippen molar-refractivity contribution in [2.24, 2.45) is 0 Å². The van der Waals surface area contributed by atoms with E-state index in [-0.39, 0.29) is 12.1 Å². The first-order valence-corrected chi connectivity index (χ1v) is 5.20. The highest BCUT2D eigenvalue weighted by molar-refractivity contribution is 5.73. The van der Waals surface area contributed by atoms with Gasteiger partial charge in [0.05, 0.1) is 0 Å². The fraction of sp³-hybridized carbons (Fsp3) is 0.417. The lowest BCUT2D eigenvalue weighted by atomic mass is 10.1. The number of likely N-dealkylation sites (N-methyl/N-ethyl adjacent to an activating group) is 1. The van der Waals surface area contributed by atoms with Gasteiger partial charge in [0.1, 0.15) is 6.04 Å². The summed E-state index contributed by atoms with van der Waals surface area (Å²) in [5.41, 5.74) is 1.21. The van der Waals surface area contributed by atoms with Crippen molar-refractivity contribution in [2.45, 2.75) is 24.9 Å².